The van der Waals surface area contributed by atoms with E-state index in [9.17, 15) is 96.6 Å². The number of rotatable bonds is 2. The third-order valence-electron chi connectivity index (χ3n) is 3.26. The van der Waals surface area contributed by atoms with Crippen LogP contribution in [0.1, 0.15) is 0 Å². The molecule has 2 N–H and O–H groups in total. The van der Waals surface area contributed by atoms with E-state index in [0.29, 0.717) is 0 Å². The summed E-state index contributed by atoms with van der Waals surface area (Å²) in [6, 6.07) is 0. The van der Waals surface area contributed by atoms with Gasteiger partial charge >= 0.3 is 60.1 Å². The van der Waals surface area contributed by atoms with Gasteiger partial charge in [-0.15, -0.1) is 0 Å². The Balaban J connectivity index is -0.000000569. The van der Waals surface area contributed by atoms with Gasteiger partial charge < -0.3 is 10.2 Å². The monoisotopic (exact) mass is 636 g/mol. The molecule has 35 heavy (non-hydrogen) atoms. The Kier molecular flexibility index (Phi) is 10.7. The second-order valence-electron chi connectivity index (χ2n) is 5.56. The van der Waals surface area contributed by atoms with Crippen LogP contribution >= 0.6 is 0 Å². The molecule has 0 aliphatic heterocycles. The van der Waals surface area contributed by atoms with Crippen molar-refractivity contribution in [2.24, 2.45) is 0 Å². The first-order valence-corrected chi connectivity index (χ1v) is 6.60. The zero-order chi connectivity index (χ0) is 29.0. The smallest absolute Gasteiger partial charge is 0.369 e. The predicted molar refractivity (Wildman–Crippen MR) is 56.1 cm³/mol. The maximum atomic E-state index is 12.2. The van der Waals surface area contributed by atoms with Gasteiger partial charge in [0.1, 0.15) is 0 Å². The number of halogens is 22. The van der Waals surface area contributed by atoms with Crippen LogP contribution in [0.3, 0.4) is 0 Å². The number of hydrogen-bond donors (Lipinski definition) is 2. The van der Waals surface area contributed by atoms with Gasteiger partial charge in [0.2, 0.25) is 0 Å². The van der Waals surface area contributed by atoms with Crippen LogP contribution in [-0.2, 0) is 19.5 Å². The van der Waals surface area contributed by atoms with Crippen LogP contribution < -0.4 is 0 Å². The van der Waals surface area contributed by atoms with Crippen LogP contribution in [0.15, 0.2) is 0 Å². The fourth-order valence-corrected chi connectivity index (χ4v) is 1.44. The summed E-state index contributed by atoms with van der Waals surface area (Å²) in [6.45, 7) is 0. The first kappa shape index (κ1) is 38.5. The maximum absolute atomic E-state index is 12.2. The summed E-state index contributed by atoms with van der Waals surface area (Å²) < 4.78 is 258. The molecule has 25 heteroatoms. The van der Waals surface area contributed by atoms with Gasteiger partial charge in [-0.1, -0.05) is 0 Å². The summed E-state index contributed by atoms with van der Waals surface area (Å²) in [5, 5.41) is 15.7. The molecule has 0 radical (unpaired) electrons. The molecule has 0 fully saturated rings. The number of alkyl halides is 22. The topological polar surface area (TPSA) is 40.5 Å². The van der Waals surface area contributed by atoms with Crippen molar-refractivity contribution in [3.63, 3.8) is 0 Å². The molecule has 0 rings (SSSR count). The third-order valence-corrected chi connectivity index (χ3v) is 3.26. The Labute approximate surface area is 187 Å². The van der Waals surface area contributed by atoms with Gasteiger partial charge in [0, 0.05) is 19.5 Å². The summed E-state index contributed by atoms with van der Waals surface area (Å²) in [5.41, 5.74) is -14.4. The molecule has 0 spiro atoms. The molecular formula is C10H2F22O2Zn. The quantitative estimate of drug-likeness (QED) is 0.285. The standard InChI is InChI=1S/2C5HF11O.Zn/c2*6-2(7,5(14,15)16)1(17,3(8,9)10)4(11,12)13;/h2*17H;. The van der Waals surface area contributed by atoms with Crippen LogP contribution in [0.4, 0.5) is 96.6 Å². The molecule has 0 bridgehead atoms. The van der Waals surface area contributed by atoms with Crippen molar-refractivity contribution in [3.8, 4) is 0 Å². The van der Waals surface area contributed by atoms with Crippen molar-refractivity contribution < 1.29 is 126 Å². The number of aliphatic hydroxyl groups is 2. The van der Waals surface area contributed by atoms with Crippen molar-refractivity contribution in [3.05, 3.63) is 0 Å². The molecule has 2 nitrogen and oxygen atoms in total. The first-order valence-electron chi connectivity index (χ1n) is 6.60. The molecule has 0 amide bonds. The van der Waals surface area contributed by atoms with Crippen LogP contribution in [0.2, 0.25) is 0 Å². The molecule has 0 aromatic carbocycles. The van der Waals surface area contributed by atoms with E-state index in [1.807, 2.05) is 0 Å². The Morgan fingerprint density at radius 3 is 0.400 bits per heavy atom. The summed E-state index contributed by atoms with van der Waals surface area (Å²) >= 11 is 0. The molecule has 0 atom stereocenters. The van der Waals surface area contributed by atoms with E-state index in [4.69, 9.17) is 10.2 Å². The minimum atomic E-state index is -7.43. The molecule has 0 aliphatic rings. The van der Waals surface area contributed by atoms with Gasteiger partial charge in [-0.2, -0.15) is 96.6 Å². The summed E-state index contributed by atoms with van der Waals surface area (Å²) in [7, 11) is 0. The largest absolute Gasteiger partial charge is 0.457 e. The SMILES string of the molecule is OC(C(F)(F)F)(C(F)(F)F)C(F)(F)C(F)(F)F.OC(C(F)(F)F)(C(F)(F)F)C(F)(F)C(F)(F)F.[Zn]. The van der Waals surface area contributed by atoms with Crippen molar-refractivity contribution in [2.45, 2.75) is 60.1 Å². The summed E-state index contributed by atoms with van der Waals surface area (Å²) in [4.78, 5) is 0. The van der Waals surface area contributed by atoms with Gasteiger partial charge in [-0.05, 0) is 0 Å². The van der Waals surface area contributed by atoms with Crippen LogP contribution in [0, 0.1) is 0 Å². The van der Waals surface area contributed by atoms with E-state index in [1.165, 1.54) is 0 Å². The van der Waals surface area contributed by atoms with Gasteiger partial charge in [0.05, 0.1) is 0 Å². The van der Waals surface area contributed by atoms with Crippen molar-refractivity contribution in [1.29, 1.82) is 0 Å². The molecule has 210 valence electrons. The van der Waals surface area contributed by atoms with Gasteiger partial charge in [0.15, 0.2) is 0 Å². The van der Waals surface area contributed by atoms with E-state index in [2.05, 4.69) is 0 Å². The molecule has 0 unspecified atom stereocenters. The molecule has 0 saturated heterocycles. The van der Waals surface area contributed by atoms with Gasteiger partial charge in [-0.25, -0.2) is 0 Å². The Hall–Kier alpha value is -0.997. The molecule has 0 aromatic rings. The molecule has 0 saturated carbocycles. The summed E-state index contributed by atoms with van der Waals surface area (Å²) in [5.74, 6) is -14.9. The van der Waals surface area contributed by atoms with Crippen LogP contribution in [-0.4, -0.2) is 70.3 Å². The fourth-order valence-electron chi connectivity index (χ4n) is 1.44. The van der Waals surface area contributed by atoms with E-state index < -0.39 is 60.1 Å². The Morgan fingerprint density at radius 1 is 0.257 bits per heavy atom. The average Bonchev–Trinajstić information content (AvgIpc) is 2.46. The summed E-state index contributed by atoms with van der Waals surface area (Å²) in [6.07, 6.45) is -43.5. The third kappa shape index (κ3) is 6.29. The van der Waals surface area contributed by atoms with Gasteiger partial charge in [-0.3, -0.25) is 0 Å². The predicted octanol–water partition coefficient (Wildman–Crippen LogP) is 6.08. The fraction of sp³-hybridized carbons (Fsp3) is 1.00. The van der Waals surface area contributed by atoms with Crippen LogP contribution in [0.25, 0.3) is 0 Å². The molecular weight excluding hydrogens is 635 g/mol. The first-order chi connectivity index (χ1) is 14.0. The second kappa shape index (κ2) is 9.71. The van der Waals surface area contributed by atoms with E-state index in [1.54, 1.807) is 0 Å². The second-order valence-corrected chi connectivity index (χ2v) is 5.56. The zero-order valence-corrected chi connectivity index (χ0v) is 17.9. The van der Waals surface area contributed by atoms with Crippen LogP contribution in [0.5, 0.6) is 0 Å². The average molecular weight is 637 g/mol. The molecule has 0 heterocycles. The minimum Gasteiger partial charge on any atom is -0.369 e. The van der Waals surface area contributed by atoms with Gasteiger partial charge in [0.25, 0.3) is 0 Å². The zero-order valence-electron chi connectivity index (χ0n) is 14.9. The molecule has 0 aliphatic carbocycles. The minimum absolute atomic E-state index is 0. The van der Waals surface area contributed by atoms with E-state index in [0.717, 1.165) is 0 Å². The number of hydrogen-bond acceptors (Lipinski definition) is 2. The van der Waals surface area contributed by atoms with Crippen molar-refractivity contribution in [2.75, 3.05) is 0 Å². The molecule has 0 aromatic heterocycles. The normalized spacial score (nSPS) is 15.8. The van der Waals surface area contributed by atoms with E-state index >= 15 is 0 Å². The Morgan fingerprint density at radius 2 is 0.371 bits per heavy atom. The Bertz CT molecular complexity index is 598. The van der Waals surface area contributed by atoms with E-state index in [-0.39, 0.29) is 19.5 Å². The maximum Gasteiger partial charge on any atom is 0.457 e. The van der Waals surface area contributed by atoms with Crippen molar-refractivity contribution in [1.82, 2.24) is 0 Å². The van der Waals surface area contributed by atoms with Crippen molar-refractivity contribution >= 4 is 0 Å².